The highest BCUT2D eigenvalue weighted by Gasteiger charge is 2.00. The average molecular weight is 212 g/mol. The van der Waals surface area contributed by atoms with Crippen LogP contribution in [-0.4, -0.2) is 10.8 Å². The smallest absolute Gasteiger partial charge is 0.154 e. The summed E-state index contributed by atoms with van der Waals surface area (Å²) in [6, 6.07) is 15.2. The van der Waals surface area contributed by atoms with Gasteiger partial charge in [-0.2, -0.15) is 0 Å². The number of hydrogen-bond acceptors (Lipinski definition) is 3. The maximum absolute atomic E-state index is 5.44. The highest BCUT2D eigenvalue weighted by molar-refractivity contribution is 5.99. The fraction of sp³-hybridized carbons (Fsp3) is 0. The standard InChI is InChI=1S/C12H12N4/c13-16-12(10-6-2-1-3-7-10)15-11-8-4-5-9-14-11/h1-9H,13H2,(H,14,15,16). The molecule has 0 atom stereocenters. The number of benzene rings is 1. The Kier molecular flexibility index (Phi) is 3.25. The second-order valence-corrected chi connectivity index (χ2v) is 3.16. The van der Waals surface area contributed by atoms with Gasteiger partial charge < -0.3 is 5.43 Å². The van der Waals surface area contributed by atoms with E-state index in [9.17, 15) is 0 Å². The highest BCUT2D eigenvalue weighted by atomic mass is 15.3. The minimum absolute atomic E-state index is 0.597. The quantitative estimate of drug-likeness (QED) is 0.344. The monoisotopic (exact) mass is 212 g/mol. The van der Waals surface area contributed by atoms with E-state index < -0.39 is 0 Å². The molecule has 0 spiro atoms. The Morgan fingerprint density at radius 2 is 1.81 bits per heavy atom. The van der Waals surface area contributed by atoms with Crippen molar-refractivity contribution < 1.29 is 0 Å². The van der Waals surface area contributed by atoms with Crippen LogP contribution in [0.25, 0.3) is 0 Å². The third-order valence-electron chi connectivity index (χ3n) is 2.06. The molecule has 3 N–H and O–H groups in total. The minimum Gasteiger partial charge on any atom is -0.308 e. The molecule has 0 saturated heterocycles. The molecule has 1 heterocycles. The molecule has 0 unspecified atom stereocenters. The van der Waals surface area contributed by atoms with Gasteiger partial charge in [-0.15, -0.1) is 0 Å². The Balaban J connectivity index is 2.34. The molecule has 1 aromatic heterocycles. The Morgan fingerprint density at radius 1 is 1.06 bits per heavy atom. The van der Waals surface area contributed by atoms with Crippen molar-refractivity contribution in [2.45, 2.75) is 0 Å². The number of nitrogens with zero attached hydrogens (tertiary/aromatic N) is 2. The third-order valence-corrected chi connectivity index (χ3v) is 2.06. The zero-order valence-electron chi connectivity index (χ0n) is 8.67. The van der Waals surface area contributed by atoms with Gasteiger partial charge >= 0.3 is 0 Å². The third kappa shape index (κ3) is 2.43. The molecular weight excluding hydrogens is 200 g/mol. The van der Waals surface area contributed by atoms with Crippen molar-refractivity contribution in [1.82, 2.24) is 10.4 Å². The first-order chi connectivity index (χ1) is 7.90. The van der Waals surface area contributed by atoms with Crippen LogP contribution in [0.4, 0.5) is 5.82 Å². The normalized spacial score (nSPS) is 11.2. The van der Waals surface area contributed by atoms with E-state index in [-0.39, 0.29) is 0 Å². The molecule has 0 bridgehead atoms. The molecular formula is C12H12N4. The largest absolute Gasteiger partial charge is 0.308 e. The van der Waals surface area contributed by atoms with E-state index >= 15 is 0 Å². The predicted octanol–water partition coefficient (Wildman–Crippen LogP) is 1.62. The molecule has 0 fully saturated rings. The lowest BCUT2D eigenvalue weighted by Gasteiger charge is -2.04. The van der Waals surface area contributed by atoms with Gasteiger partial charge in [0.25, 0.3) is 0 Å². The molecule has 4 heteroatoms. The van der Waals surface area contributed by atoms with Crippen LogP contribution in [-0.2, 0) is 0 Å². The first kappa shape index (κ1) is 10.3. The number of pyridine rings is 1. The van der Waals surface area contributed by atoms with Gasteiger partial charge in [0.2, 0.25) is 0 Å². The van der Waals surface area contributed by atoms with E-state index in [1.54, 1.807) is 6.20 Å². The van der Waals surface area contributed by atoms with Crippen LogP contribution >= 0.6 is 0 Å². The summed E-state index contributed by atoms with van der Waals surface area (Å²) in [5, 5.41) is 0. The predicted molar refractivity (Wildman–Crippen MR) is 64.2 cm³/mol. The van der Waals surface area contributed by atoms with Crippen LogP contribution in [0.15, 0.2) is 59.7 Å². The van der Waals surface area contributed by atoms with Crippen LogP contribution in [0, 0.1) is 0 Å². The lowest BCUT2D eigenvalue weighted by molar-refractivity contribution is 1.02. The van der Waals surface area contributed by atoms with Crippen molar-refractivity contribution in [2.75, 3.05) is 0 Å². The van der Waals surface area contributed by atoms with Gasteiger partial charge in [-0.3, -0.25) is 0 Å². The molecule has 2 rings (SSSR count). The number of amidine groups is 1. The summed E-state index contributed by atoms with van der Waals surface area (Å²) in [6.07, 6.45) is 1.69. The molecule has 0 aliphatic carbocycles. The lowest BCUT2D eigenvalue weighted by Crippen LogP contribution is -2.30. The first-order valence-electron chi connectivity index (χ1n) is 4.92. The van der Waals surface area contributed by atoms with Gasteiger partial charge in [-0.1, -0.05) is 36.4 Å². The van der Waals surface area contributed by atoms with Gasteiger partial charge in [-0.25, -0.2) is 15.8 Å². The number of nitrogens with one attached hydrogen (secondary N) is 1. The highest BCUT2D eigenvalue weighted by Crippen LogP contribution is 2.08. The number of aromatic nitrogens is 1. The molecule has 16 heavy (non-hydrogen) atoms. The van der Waals surface area contributed by atoms with Crippen LogP contribution in [0.5, 0.6) is 0 Å². The van der Waals surface area contributed by atoms with Gasteiger partial charge in [0.05, 0.1) is 0 Å². The Morgan fingerprint density at radius 3 is 2.44 bits per heavy atom. The topological polar surface area (TPSA) is 63.3 Å². The summed E-state index contributed by atoms with van der Waals surface area (Å²) in [7, 11) is 0. The number of hydrazine groups is 1. The molecule has 80 valence electrons. The summed E-state index contributed by atoms with van der Waals surface area (Å²) >= 11 is 0. The van der Waals surface area contributed by atoms with Gasteiger partial charge in [0, 0.05) is 11.8 Å². The average Bonchev–Trinajstić information content (AvgIpc) is 2.38. The van der Waals surface area contributed by atoms with Crippen LogP contribution < -0.4 is 11.3 Å². The number of rotatable bonds is 2. The van der Waals surface area contributed by atoms with Crippen LogP contribution in [0.2, 0.25) is 0 Å². The summed E-state index contributed by atoms with van der Waals surface area (Å²) in [6.45, 7) is 0. The molecule has 1 aromatic carbocycles. The molecule has 2 aromatic rings. The zero-order valence-corrected chi connectivity index (χ0v) is 8.67. The number of hydrogen-bond donors (Lipinski definition) is 2. The van der Waals surface area contributed by atoms with Gasteiger partial charge in [-0.05, 0) is 12.1 Å². The molecule has 0 amide bonds. The molecule has 4 nitrogen and oxygen atoms in total. The van der Waals surface area contributed by atoms with E-state index in [1.807, 2.05) is 48.5 Å². The van der Waals surface area contributed by atoms with E-state index in [2.05, 4.69) is 15.4 Å². The van der Waals surface area contributed by atoms with Crippen molar-refractivity contribution in [1.29, 1.82) is 0 Å². The van der Waals surface area contributed by atoms with Crippen molar-refractivity contribution in [3.05, 3.63) is 60.3 Å². The van der Waals surface area contributed by atoms with Crippen molar-refractivity contribution >= 4 is 11.7 Å². The fourth-order valence-corrected chi connectivity index (χ4v) is 1.31. The molecule has 0 aliphatic heterocycles. The Bertz CT molecular complexity index is 465. The number of nitrogens with two attached hydrogens (primary N) is 1. The molecule has 0 aliphatic rings. The Labute approximate surface area is 93.8 Å². The van der Waals surface area contributed by atoms with Crippen molar-refractivity contribution in [2.24, 2.45) is 10.8 Å². The van der Waals surface area contributed by atoms with E-state index in [4.69, 9.17) is 5.84 Å². The second kappa shape index (κ2) is 5.04. The summed E-state index contributed by atoms with van der Waals surface area (Å²) in [5.74, 6) is 6.66. The lowest BCUT2D eigenvalue weighted by atomic mass is 10.2. The maximum Gasteiger partial charge on any atom is 0.154 e. The van der Waals surface area contributed by atoms with Gasteiger partial charge in [0.15, 0.2) is 5.82 Å². The van der Waals surface area contributed by atoms with E-state index in [1.165, 1.54) is 0 Å². The summed E-state index contributed by atoms with van der Waals surface area (Å²) in [5.41, 5.74) is 3.50. The summed E-state index contributed by atoms with van der Waals surface area (Å²) in [4.78, 5) is 8.43. The number of aliphatic imine (C=N–C) groups is 1. The Hall–Kier alpha value is -2.20. The minimum atomic E-state index is 0.597. The van der Waals surface area contributed by atoms with Crippen molar-refractivity contribution in [3.63, 3.8) is 0 Å². The van der Waals surface area contributed by atoms with Gasteiger partial charge in [0.1, 0.15) is 5.84 Å². The SMILES string of the molecule is NN/C(=N\c1ccccn1)c1ccccc1. The maximum atomic E-state index is 5.44. The first-order valence-corrected chi connectivity index (χ1v) is 4.92. The summed E-state index contributed by atoms with van der Waals surface area (Å²) < 4.78 is 0. The van der Waals surface area contributed by atoms with Crippen LogP contribution in [0.1, 0.15) is 5.56 Å². The molecule has 0 saturated carbocycles. The van der Waals surface area contributed by atoms with E-state index in [0.29, 0.717) is 11.7 Å². The van der Waals surface area contributed by atoms with E-state index in [0.717, 1.165) is 5.56 Å². The van der Waals surface area contributed by atoms with Crippen LogP contribution in [0.3, 0.4) is 0 Å². The fourth-order valence-electron chi connectivity index (χ4n) is 1.31. The molecule has 0 radical (unpaired) electrons. The zero-order chi connectivity index (χ0) is 11.2. The van der Waals surface area contributed by atoms with Crippen molar-refractivity contribution in [3.8, 4) is 0 Å². The second-order valence-electron chi connectivity index (χ2n) is 3.16.